The molecule has 1 fully saturated rings. The molecule has 0 radical (unpaired) electrons. The largest absolute Gasteiger partial charge is 0.389 e. The van der Waals surface area contributed by atoms with E-state index in [-0.39, 0.29) is 23.8 Å². The Hall–Kier alpha value is -2.37. The zero-order valence-corrected chi connectivity index (χ0v) is 12.7. The van der Waals surface area contributed by atoms with Gasteiger partial charge in [0.25, 0.3) is 5.91 Å². The number of carbonyl (C=O) groups excluding carboxylic acids is 2. The molecule has 0 aliphatic carbocycles. The third-order valence-electron chi connectivity index (χ3n) is 4.08. The zero-order valence-electron chi connectivity index (χ0n) is 12.7. The Morgan fingerprint density at radius 1 is 1.27 bits per heavy atom. The molecule has 3 rings (SSSR count). The van der Waals surface area contributed by atoms with Crippen LogP contribution < -0.4 is 0 Å². The van der Waals surface area contributed by atoms with Crippen molar-refractivity contribution in [3.05, 3.63) is 35.9 Å². The van der Waals surface area contributed by atoms with E-state index in [4.69, 9.17) is 4.84 Å². The average molecular weight is 301 g/mol. The van der Waals surface area contributed by atoms with E-state index in [9.17, 15) is 9.59 Å². The molecule has 2 atom stereocenters. The van der Waals surface area contributed by atoms with Crippen LogP contribution in [0.4, 0.5) is 0 Å². The summed E-state index contributed by atoms with van der Waals surface area (Å²) >= 11 is 0. The minimum Gasteiger partial charge on any atom is -0.389 e. The van der Waals surface area contributed by atoms with Gasteiger partial charge in [-0.3, -0.25) is 9.59 Å². The molecular formula is C16H19N3O3. The van der Waals surface area contributed by atoms with E-state index in [2.05, 4.69) is 5.16 Å². The van der Waals surface area contributed by atoms with E-state index in [1.807, 2.05) is 30.3 Å². The zero-order chi connectivity index (χ0) is 15.7. The first-order chi connectivity index (χ1) is 10.6. The van der Waals surface area contributed by atoms with Crippen molar-refractivity contribution >= 4 is 17.5 Å². The second-order valence-corrected chi connectivity index (χ2v) is 5.89. The van der Waals surface area contributed by atoms with Crippen molar-refractivity contribution in [2.75, 3.05) is 27.2 Å². The molecule has 116 valence electrons. The number of fused-ring (bicyclic) bond motifs is 1. The number of nitrogens with zero attached hydrogens (tertiary/aromatic N) is 3. The Bertz CT molecular complexity index is 612. The maximum Gasteiger partial charge on any atom is 0.271 e. The van der Waals surface area contributed by atoms with Gasteiger partial charge >= 0.3 is 0 Å². The van der Waals surface area contributed by atoms with E-state index >= 15 is 0 Å². The predicted octanol–water partition coefficient (Wildman–Crippen LogP) is 0.530. The van der Waals surface area contributed by atoms with Gasteiger partial charge < -0.3 is 14.6 Å². The molecule has 1 saturated heterocycles. The SMILES string of the molecule is CN(C)C(=O)C1=NO[C@@H]2CN(C(=O)Cc3ccccc3)C[C@H]12. The van der Waals surface area contributed by atoms with Crippen LogP contribution in [0.15, 0.2) is 35.5 Å². The third-order valence-corrected chi connectivity index (χ3v) is 4.08. The number of likely N-dealkylation sites (tertiary alicyclic amines) is 1. The Balaban J connectivity index is 1.64. The van der Waals surface area contributed by atoms with Crippen molar-refractivity contribution in [1.82, 2.24) is 9.80 Å². The molecule has 0 saturated carbocycles. The van der Waals surface area contributed by atoms with Gasteiger partial charge in [-0.1, -0.05) is 35.5 Å². The molecule has 2 heterocycles. The lowest BCUT2D eigenvalue weighted by Crippen LogP contribution is -2.37. The van der Waals surface area contributed by atoms with E-state index < -0.39 is 0 Å². The molecule has 1 aromatic rings. The minimum atomic E-state index is -0.196. The van der Waals surface area contributed by atoms with Gasteiger partial charge in [-0.15, -0.1) is 0 Å². The Morgan fingerprint density at radius 3 is 2.68 bits per heavy atom. The molecular weight excluding hydrogens is 282 g/mol. The summed E-state index contributed by atoms with van der Waals surface area (Å²) in [7, 11) is 3.37. The molecule has 0 N–H and O–H groups in total. The highest BCUT2D eigenvalue weighted by Crippen LogP contribution is 2.28. The van der Waals surface area contributed by atoms with Gasteiger partial charge in [-0.2, -0.15) is 0 Å². The summed E-state index contributed by atoms with van der Waals surface area (Å²) in [5.41, 5.74) is 1.41. The van der Waals surface area contributed by atoms with Crippen LogP contribution in [0.5, 0.6) is 0 Å². The minimum absolute atomic E-state index is 0.0563. The van der Waals surface area contributed by atoms with Crippen molar-refractivity contribution in [2.45, 2.75) is 12.5 Å². The molecule has 22 heavy (non-hydrogen) atoms. The number of carbonyl (C=O) groups is 2. The lowest BCUT2D eigenvalue weighted by atomic mass is 10.00. The summed E-state index contributed by atoms with van der Waals surface area (Å²) in [6.45, 7) is 0.985. The fourth-order valence-electron chi connectivity index (χ4n) is 2.85. The van der Waals surface area contributed by atoms with Gasteiger partial charge in [0, 0.05) is 20.6 Å². The van der Waals surface area contributed by atoms with Crippen molar-refractivity contribution in [3.8, 4) is 0 Å². The van der Waals surface area contributed by atoms with Crippen LogP contribution >= 0.6 is 0 Å². The van der Waals surface area contributed by atoms with Crippen LogP contribution in [-0.4, -0.2) is 60.6 Å². The van der Waals surface area contributed by atoms with Gasteiger partial charge in [0.2, 0.25) is 5.91 Å². The number of hydrogen-bond acceptors (Lipinski definition) is 4. The van der Waals surface area contributed by atoms with E-state index in [1.165, 1.54) is 4.90 Å². The molecule has 0 unspecified atom stereocenters. The molecule has 0 bridgehead atoms. The fourth-order valence-corrected chi connectivity index (χ4v) is 2.85. The Kier molecular flexibility index (Phi) is 3.83. The summed E-state index contributed by atoms with van der Waals surface area (Å²) in [5, 5.41) is 3.91. The summed E-state index contributed by atoms with van der Waals surface area (Å²) in [4.78, 5) is 33.0. The van der Waals surface area contributed by atoms with Crippen LogP contribution in [0.2, 0.25) is 0 Å². The topological polar surface area (TPSA) is 62.2 Å². The Morgan fingerprint density at radius 2 is 2.00 bits per heavy atom. The highest BCUT2D eigenvalue weighted by Gasteiger charge is 2.46. The van der Waals surface area contributed by atoms with Gasteiger partial charge in [0.05, 0.1) is 18.9 Å². The predicted molar refractivity (Wildman–Crippen MR) is 81.2 cm³/mol. The van der Waals surface area contributed by atoms with Crippen LogP contribution in [-0.2, 0) is 20.8 Å². The van der Waals surface area contributed by atoms with Gasteiger partial charge in [0.15, 0.2) is 11.8 Å². The Labute approximate surface area is 129 Å². The quantitative estimate of drug-likeness (QED) is 0.818. The first-order valence-electron chi connectivity index (χ1n) is 7.33. The van der Waals surface area contributed by atoms with Crippen molar-refractivity contribution < 1.29 is 14.4 Å². The first-order valence-corrected chi connectivity index (χ1v) is 7.33. The molecule has 2 aliphatic rings. The van der Waals surface area contributed by atoms with E-state index in [0.29, 0.717) is 25.2 Å². The molecule has 1 aromatic carbocycles. The average Bonchev–Trinajstić information content (AvgIpc) is 3.07. The summed E-state index contributed by atoms with van der Waals surface area (Å²) < 4.78 is 0. The van der Waals surface area contributed by atoms with Gasteiger partial charge in [-0.25, -0.2) is 0 Å². The molecule has 0 spiro atoms. The van der Waals surface area contributed by atoms with Crippen molar-refractivity contribution in [3.63, 3.8) is 0 Å². The molecule has 6 heteroatoms. The summed E-state index contributed by atoms with van der Waals surface area (Å²) in [5.74, 6) is -0.208. The second-order valence-electron chi connectivity index (χ2n) is 5.89. The molecule has 6 nitrogen and oxygen atoms in total. The molecule has 0 aromatic heterocycles. The van der Waals surface area contributed by atoms with E-state index in [1.54, 1.807) is 19.0 Å². The first kappa shape index (κ1) is 14.6. The van der Waals surface area contributed by atoms with Crippen LogP contribution in [0.25, 0.3) is 0 Å². The van der Waals surface area contributed by atoms with E-state index in [0.717, 1.165) is 5.56 Å². The fraction of sp³-hybridized carbons (Fsp3) is 0.438. The normalized spacial score (nSPS) is 22.8. The number of benzene rings is 1. The maximum absolute atomic E-state index is 12.4. The molecule has 2 amide bonds. The lowest BCUT2D eigenvalue weighted by Gasteiger charge is -2.17. The second kappa shape index (κ2) is 5.79. The number of hydrogen-bond donors (Lipinski definition) is 0. The highest BCUT2D eigenvalue weighted by atomic mass is 16.6. The highest BCUT2D eigenvalue weighted by molar-refractivity contribution is 6.40. The standard InChI is InChI=1S/C16H19N3O3/c1-18(2)16(21)15-12-9-19(10-13(12)22-17-15)14(20)8-11-6-4-3-5-7-11/h3-7,12-13H,8-10H2,1-2H3/t12-,13+/m0/s1. The number of oxime groups is 1. The van der Waals surface area contributed by atoms with Crippen LogP contribution in [0, 0.1) is 5.92 Å². The number of rotatable bonds is 3. The number of amides is 2. The van der Waals surface area contributed by atoms with Crippen LogP contribution in [0.3, 0.4) is 0 Å². The lowest BCUT2D eigenvalue weighted by molar-refractivity contribution is -0.130. The van der Waals surface area contributed by atoms with Crippen molar-refractivity contribution in [1.29, 1.82) is 0 Å². The summed E-state index contributed by atoms with van der Waals surface area (Å²) in [6.07, 6.45) is 0.174. The maximum atomic E-state index is 12.4. The third kappa shape index (κ3) is 2.68. The molecule has 2 aliphatic heterocycles. The monoisotopic (exact) mass is 301 g/mol. The summed E-state index contributed by atoms with van der Waals surface area (Å²) in [6, 6.07) is 9.65. The van der Waals surface area contributed by atoms with Gasteiger partial charge in [-0.05, 0) is 5.56 Å². The smallest absolute Gasteiger partial charge is 0.271 e. The van der Waals surface area contributed by atoms with Crippen molar-refractivity contribution in [2.24, 2.45) is 11.1 Å². The van der Waals surface area contributed by atoms with Crippen LogP contribution in [0.1, 0.15) is 5.56 Å². The van der Waals surface area contributed by atoms with Gasteiger partial charge in [0.1, 0.15) is 0 Å².